The highest BCUT2D eigenvalue weighted by atomic mass is 16.6. The molecule has 8 nitrogen and oxygen atoms in total. The van der Waals surface area contributed by atoms with Crippen LogP contribution in [0.3, 0.4) is 0 Å². The quantitative estimate of drug-likeness (QED) is 0.544. The van der Waals surface area contributed by atoms with Crippen molar-refractivity contribution in [2.45, 2.75) is 0 Å². The van der Waals surface area contributed by atoms with E-state index in [1.807, 2.05) is 0 Å². The highest BCUT2D eigenvalue weighted by Gasteiger charge is 2.11. The third-order valence-electron chi connectivity index (χ3n) is 2.66. The molecule has 0 amide bonds. The van der Waals surface area contributed by atoms with E-state index in [-0.39, 0.29) is 16.8 Å². The number of imidazole rings is 1. The second-order valence-electron chi connectivity index (χ2n) is 3.80. The van der Waals surface area contributed by atoms with Gasteiger partial charge in [0.2, 0.25) is 0 Å². The van der Waals surface area contributed by atoms with E-state index in [0.29, 0.717) is 11.3 Å². The summed E-state index contributed by atoms with van der Waals surface area (Å²) in [7, 11) is 0. The van der Waals surface area contributed by atoms with E-state index < -0.39 is 4.92 Å². The number of nitro benzene ring substituents is 1. The summed E-state index contributed by atoms with van der Waals surface area (Å²) in [6.45, 7) is 0. The Balaban J connectivity index is 2.25. The summed E-state index contributed by atoms with van der Waals surface area (Å²) >= 11 is 0. The molecule has 0 radical (unpaired) electrons. The topological polar surface area (TPSA) is 107 Å². The smallest absolute Gasteiger partial charge is 0.278 e. The number of hydrogen-bond acceptors (Lipinski definition) is 5. The number of nitro groups is 1. The van der Waals surface area contributed by atoms with Crippen LogP contribution in [0.4, 0.5) is 5.69 Å². The average Bonchev–Trinajstić information content (AvgIpc) is 2.84. The second-order valence-corrected chi connectivity index (χ2v) is 3.80. The largest absolute Gasteiger partial charge is 0.311 e. The molecule has 0 atom stereocenters. The maximum atomic E-state index is 11.5. The average molecular weight is 257 g/mol. The number of rotatable bonds is 2. The zero-order chi connectivity index (χ0) is 13.4. The molecule has 0 spiro atoms. The minimum atomic E-state index is -0.483. The van der Waals surface area contributed by atoms with Gasteiger partial charge in [0.25, 0.3) is 11.2 Å². The monoisotopic (exact) mass is 257 g/mol. The SMILES string of the molecule is O=c1[nH]cnc2c1ncn2-c1cccc([N+](=O)[O-])c1. The van der Waals surface area contributed by atoms with Crippen LogP contribution in [0.25, 0.3) is 16.9 Å². The van der Waals surface area contributed by atoms with Crippen molar-refractivity contribution in [3.05, 3.63) is 57.4 Å². The number of benzene rings is 1. The molecule has 1 aromatic carbocycles. The van der Waals surface area contributed by atoms with E-state index in [9.17, 15) is 14.9 Å². The van der Waals surface area contributed by atoms with E-state index in [4.69, 9.17) is 0 Å². The molecule has 0 aliphatic carbocycles. The van der Waals surface area contributed by atoms with E-state index in [1.165, 1.54) is 29.4 Å². The van der Waals surface area contributed by atoms with Crippen molar-refractivity contribution in [3.8, 4) is 5.69 Å². The summed E-state index contributed by atoms with van der Waals surface area (Å²) in [4.78, 5) is 32.2. The Bertz CT molecular complexity index is 835. The van der Waals surface area contributed by atoms with Crippen molar-refractivity contribution >= 4 is 16.9 Å². The third-order valence-corrected chi connectivity index (χ3v) is 2.66. The molecule has 8 heteroatoms. The number of hydrogen-bond donors (Lipinski definition) is 1. The summed E-state index contributed by atoms with van der Waals surface area (Å²) in [5, 5.41) is 10.8. The molecule has 3 rings (SSSR count). The van der Waals surface area contributed by atoms with Crippen molar-refractivity contribution in [2.75, 3.05) is 0 Å². The maximum Gasteiger partial charge on any atom is 0.278 e. The fourth-order valence-corrected chi connectivity index (χ4v) is 1.79. The van der Waals surface area contributed by atoms with Gasteiger partial charge in [0, 0.05) is 12.1 Å². The normalized spacial score (nSPS) is 10.7. The molecule has 0 bridgehead atoms. The summed E-state index contributed by atoms with van der Waals surface area (Å²) in [5.41, 5.74) is 0.673. The van der Waals surface area contributed by atoms with Gasteiger partial charge in [0.05, 0.1) is 16.9 Å². The fourth-order valence-electron chi connectivity index (χ4n) is 1.79. The molecule has 2 aromatic heterocycles. The molecule has 0 unspecified atom stereocenters. The first-order valence-corrected chi connectivity index (χ1v) is 5.32. The molecular weight excluding hydrogens is 250 g/mol. The standard InChI is InChI=1S/C11H7N5O3/c17-11-9-10(12-5-13-11)15(6-14-9)7-2-1-3-8(4-7)16(18)19/h1-6H,(H,12,13,17). The maximum absolute atomic E-state index is 11.5. The first kappa shape index (κ1) is 11.1. The molecule has 0 aliphatic heterocycles. The lowest BCUT2D eigenvalue weighted by molar-refractivity contribution is -0.384. The van der Waals surface area contributed by atoms with Crippen LogP contribution < -0.4 is 5.56 Å². The van der Waals surface area contributed by atoms with Crippen LogP contribution in [0.15, 0.2) is 41.7 Å². The lowest BCUT2D eigenvalue weighted by Crippen LogP contribution is -2.07. The van der Waals surface area contributed by atoms with E-state index in [2.05, 4.69) is 15.0 Å². The van der Waals surface area contributed by atoms with E-state index in [1.54, 1.807) is 12.1 Å². The van der Waals surface area contributed by atoms with Gasteiger partial charge in [-0.25, -0.2) is 9.97 Å². The van der Waals surface area contributed by atoms with Gasteiger partial charge in [0.15, 0.2) is 11.2 Å². The lowest BCUT2D eigenvalue weighted by atomic mass is 10.3. The van der Waals surface area contributed by atoms with Crippen molar-refractivity contribution in [2.24, 2.45) is 0 Å². The highest BCUT2D eigenvalue weighted by molar-refractivity contribution is 5.71. The van der Waals surface area contributed by atoms with Crippen LogP contribution in [0, 0.1) is 10.1 Å². The number of fused-ring (bicyclic) bond motifs is 1. The third kappa shape index (κ3) is 1.75. The lowest BCUT2D eigenvalue weighted by Gasteiger charge is -2.02. The molecule has 0 saturated carbocycles. The minimum absolute atomic E-state index is 0.0378. The number of nitrogens with zero attached hydrogens (tertiary/aromatic N) is 4. The van der Waals surface area contributed by atoms with Crippen LogP contribution in [0.5, 0.6) is 0 Å². The molecule has 94 valence electrons. The highest BCUT2D eigenvalue weighted by Crippen LogP contribution is 2.18. The number of nitrogens with one attached hydrogen (secondary N) is 1. The van der Waals surface area contributed by atoms with Crippen molar-refractivity contribution in [3.63, 3.8) is 0 Å². The molecular formula is C11H7N5O3. The number of non-ortho nitro benzene ring substituents is 1. The van der Waals surface area contributed by atoms with Crippen molar-refractivity contribution in [1.82, 2.24) is 19.5 Å². The van der Waals surface area contributed by atoms with Crippen LogP contribution in [0.2, 0.25) is 0 Å². The van der Waals surface area contributed by atoms with Crippen LogP contribution in [-0.2, 0) is 0 Å². The molecule has 0 saturated heterocycles. The predicted octanol–water partition coefficient (Wildman–Crippen LogP) is 1.02. The van der Waals surface area contributed by atoms with Gasteiger partial charge in [-0.15, -0.1) is 0 Å². The van der Waals surface area contributed by atoms with Gasteiger partial charge in [-0.3, -0.25) is 19.5 Å². The van der Waals surface area contributed by atoms with Crippen LogP contribution >= 0.6 is 0 Å². The minimum Gasteiger partial charge on any atom is -0.311 e. The zero-order valence-corrected chi connectivity index (χ0v) is 9.48. The second kappa shape index (κ2) is 4.02. The van der Waals surface area contributed by atoms with Crippen molar-refractivity contribution in [1.29, 1.82) is 0 Å². The van der Waals surface area contributed by atoms with Gasteiger partial charge in [0.1, 0.15) is 6.33 Å². The van der Waals surface area contributed by atoms with E-state index in [0.717, 1.165) is 0 Å². The first-order valence-electron chi connectivity index (χ1n) is 5.32. The molecule has 0 fully saturated rings. The van der Waals surface area contributed by atoms with Crippen LogP contribution in [0.1, 0.15) is 0 Å². The molecule has 2 heterocycles. The molecule has 0 aliphatic rings. The van der Waals surface area contributed by atoms with Gasteiger partial charge in [-0.05, 0) is 6.07 Å². The Morgan fingerprint density at radius 1 is 1.32 bits per heavy atom. The molecule has 1 N–H and O–H groups in total. The Kier molecular flexibility index (Phi) is 2.34. The number of aromatic amines is 1. The molecule has 19 heavy (non-hydrogen) atoms. The summed E-state index contributed by atoms with van der Waals surface area (Å²) in [5.74, 6) is 0. The Morgan fingerprint density at radius 2 is 2.16 bits per heavy atom. The Morgan fingerprint density at radius 3 is 2.95 bits per heavy atom. The van der Waals surface area contributed by atoms with Gasteiger partial charge in [-0.2, -0.15) is 0 Å². The number of aromatic nitrogens is 4. The Labute approximate surface area is 105 Å². The van der Waals surface area contributed by atoms with Crippen molar-refractivity contribution < 1.29 is 4.92 Å². The van der Waals surface area contributed by atoms with E-state index >= 15 is 0 Å². The summed E-state index contributed by atoms with van der Waals surface area (Å²) < 4.78 is 1.53. The van der Waals surface area contributed by atoms with Gasteiger partial charge < -0.3 is 4.98 Å². The molecule has 3 aromatic rings. The van der Waals surface area contributed by atoms with Crippen LogP contribution in [-0.4, -0.2) is 24.4 Å². The summed E-state index contributed by atoms with van der Waals surface area (Å²) in [6.07, 6.45) is 2.67. The Hall–Kier alpha value is -3.03. The summed E-state index contributed by atoms with van der Waals surface area (Å²) in [6, 6.07) is 6.02. The number of H-pyrrole nitrogens is 1. The predicted molar refractivity (Wildman–Crippen MR) is 66.1 cm³/mol. The van der Waals surface area contributed by atoms with Gasteiger partial charge in [-0.1, -0.05) is 6.07 Å². The van der Waals surface area contributed by atoms with Gasteiger partial charge >= 0.3 is 0 Å². The fraction of sp³-hybridized carbons (Fsp3) is 0. The zero-order valence-electron chi connectivity index (χ0n) is 9.48. The first-order chi connectivity index (χ1) is 9.16.